The Morgan fingerprint density at radius 2 is 1.95 bits per heavy atom. The lowest BCUT2D eigenvalue weighted by Crippen LogP contribution is -2.50. The second-order valence-electron chi connectivity index (χ2n) is 6.44. The Labute approximate surface area is 131 Å². The third kappa shape index (κ3) is 2.59. The number of likely N-dealkylation sites (N-methyl/N-ethyl adjacent to an activating group) is 1. The summed E-state index contributed by atoms with van der Waals surface area (Å²) in [6.07, 6.45) is 1.25. The third-order valence-electron chi connectivity index (χ3n) is 5.21. The van der Waals surface area contributed by atoms with Crippen LogP contribution in [-0.4, -0.2) is 71.6 Å². The van der Waals surface area contributed by atoms with Crippen molar-refractivity contribution in [2.75, 3.05) is 50.7 Å². The number of para-hydroxylation sites is 2. The van der Waals surface area contributed by atoms with Crippen molar-refractivity contribution in [2.24, 2.45) is 0 Å². The first-order chi connectivity index (χ1) is 10.8. The zero-order valence-electron chi connectivity index (χ0n) is 13.3. The first-order valence-electron chi connectivity index (χ1n) is 8.49. The first-order valence-corrected chi connectivity index (χ1v) is 8.49. The Kier molecular flexibility index (Phi) is 3.76. The average molecular weight is 299 g/mol. The van der Waals surface area contributed by atoms with Crippen LogP contribution in [0.4, 0.5) is 5.95 Å². The van der Waals surface area contributed by atoms with Gasteiger partial charge in [0.15, 0.2) is 0 Å². The second-order valence-corrected chi connectivity index (χ2v) is 6.44. The number of fused-ring (bicyclic) bond motifs is 1. The van der Waals surface area contributed by atoms with Crippen LogP contribution in [0, 0.1) is 0 Å². The molecule has 0 bridgehead atoms. The van der Waals surface area contributed by atoms with Crippen LogP contribution in [0.25, 0.3) is 11.0 Å². The molecule has 0 spiro atoms. The summed E-state index contributed by atoms with van der Waals surface area (Å²) in [6, 6.07) is 8.97. The third-order valence-corrected chi connectivity index (χ3v) is 5.21. The van der Waals surface area contributed by atoms with Crippen LogP contribution < -0.4 is 4.90 Å². The van der Waals surface area contributed by atoms with Crippen molar-refractivity contribution in [3.05, 3.63) is 24.3 Å². The molecule has 118 valence electrons. The topological polar surface area (TPSA) is 38.4 Å². The minimum Gasteiger partial charge on any atom is -0.341 e. The van der Waals surface area contributed by atoms with E-state index in [1.807, 2.05) is 6.07 Å². The summed E-state index contributed by atoms with van der Waals surface area (Å²) < 4.78 is 0. The minimum absolute atomic E-state index is 0.687. The fourth-order valence-corrected chi connectivity index (χ4v) is 3.77. The Morgan fingerprint density at radius 3 is 2.73 bits per heavy atom. The van der Waals surface area contributed by atoms with E-state index in [1.54, 1.807) is 0 Å². The molecule has 2 aliphatic heterocycles. The van der Waals surface area contributed by atoms with E-state index in [0.29, 0.717) is 6.04 Å². The van der Waals surface area contributed by atoms with Gasteiger partial charge in [-0.3, -0.25) is 4.90 Å². The molecule has 0 radical (unpaired) electrons. The van der Waals surface area contributed by atoms with E-state index in [-0.39, 0.29) is 0 Å². The highest BCUT2D eigenvalue weighted by Crippen LogP contribution is 2.24. The van der Waals surface area contributed by atoms with E-state index in [1.165, 1.54) is 39.1 Å². The number of hydrogen-bond donors (Lipinski definition) is 1. The van der Waals surface area contributed by atoms with E-state index in [4.69, 9.17) is 4.98 Å². The molecule has 2 saturated heterocycles. The SMILES string of the molecule is CCN1CCN(C2CCN(c3nc4ccccc4[nH]3)C2)CC1. The van der Waals surface area contributed by atoms with Gasteiger partial charge in [-0.15, -0.1) is 0 Å². The number of rotatable bonds is 3. The molecule has 0 amide bonds. The molecule has 1 aromatic carbocycles. The number of aromatic nitrogens is 2. The zero-order chi connectivity index (χ0) is 14.9. The fourth-order valence-electron chi connectivity index (χ4n) is 3.77. The summed E-state index contributed by atoms with van der Waals surface area (Å²) in [5, 5.41) is 0. The van der Waals surface area contributed by atoms with Gasteiger partial charge in [-0.1, -0.05) is 19.1 Å². The lowest BCUT2D eigenvalue weighted by molar-refractivity contribution is 0.107. The summed E-state index contributed by atoms with van der Waals surface area (Å²) in [5.41, 5.74) is 2.20. The number of H-pyrrole nitrogens is 1. The van der Waals surface area contributed by atoms with Gasteiger partial charge in [-0.2, -0.15) is 0 Å². The van der Waals surface area contributed by atoms with Crippen molar-refractivity contribution in [3.8, 4) is 0 Å². The van der Waals surface area contributed by atoms with Crippen LogP contribution in [0.1, 0.15) is 13.3 Å². The van der Waals surface area contributed by atoms with Crippen LogP contribution in [-0.2, 0) is 0 Å². The molecule has 1 aromatic heterocycles. The monoisotopic (exact) mass is 299 g/mol. The fraction of sp³-hybridized carbons (Fsp3) is 0.588. The Balaban J connectivity index is 1.42. The summed E-state index contributed by atoms with van der Waals surface area (Å²) in [6.45, 7) is 10.5. The molecular formula is C17H25N5. The standard InChI is InChI=1S/C17H25N5/c1-2-20-9-11-21(12-10-20)14-7-8-22(13-14)17-18-15-5-3-4-6-16(15)19-17/h3-6,14H,2,7-13H2,1H3,(H,18,19). The van der Waals surface area contributed by atoms with E-state index in [9.17, 15) is 0 Å². The highest BCUT2D eigenvalue weighted by Gasteiger charge is 2.30. The van der Waals surface area contributed by atoms with Gasteiger partial charge in [0.25, 0.3) is 0 Å². The van der Waals surface area contributed by atoms with Crippen molar-refractivity contribution in [1.82, 2.24) is 19.8 Å². The number of imidazole rings is 1. The number of benzene rings is 1. The zero-order valence-corrected chi connectivity index (χ0v) is 13.3. The maximum Gasteiger partial charge on any atom is 0.203 e. The van der Waals surface area contributed by atoms with Gasteiger partial charge >= 0.3 is 0 Å². The van der Waals surface area contributed by atoms with Gasteiger partial charge in [0, 0.05) is 45.3 Å². The summed E-state index contributed by atoms with van der Waals surface area (Å²) >= 11 is 0. The van der Waals surface area contributed by atoms with Crippen LogP contribution in [0.3, 0.4) is 0 Å². The molecule has 1 N–H and O–H groups in total. The van der Waals surface area contributed by atoms with Gasteiger partial charge in [0.2, 0.25) is 5.95 Å². The van der Waals surface area contributed by atoms with Crippen LogP contribution >= 0.6 is 0 Å². The molecule has 1 unspecified atom stereocenters. The van der Waals surface area contributed by atoms with Gasteiger partial charge < -0.3 is 14.8 Å². The number of piperazine rings is 1. The number of hydrogen-bond acceptors (Lipinski definition) is 4. The van der Waals surface area contributed by atoms with E-state index >= 15 is 0 Å². The highest BCUT2D eigenvalue weighted by molar-refractivity contribution is 5.77. The van der Waals surface area contributed by atoms with Crippen molar-refractivity contribution in [1.29, 1.82) is 0 Å². The Bertz CT molecular complexity index is 596. The second kappa shape index (κ2) is 5.89. The van der Waals surface area contributed by atoms with Crippen LogP contribution in [0.15, 0.2) is 24.3 Å². The summed E-state index contributed by atoms with van der Waals surface area (Å²) in [7, 11) is 0. The largest absolute Gasteiger partial charge is 0.341 e. The van der Waals surface area contributed by atoms with E-state index < -0.39 is 0 Å². The quantitative estimate of drug-likeness (QED) is 0.937. The molecule has 0 saturated carbocycles. The molecule has 22 heavy (non-hydrogen) atoms. The molecule has 5 heteroatoms. The van der Waals surface area contributed by atoms with Gasteiger partial charge in [-0.05, 0) is 25.1 Å². The molecule has 2 fully saturated rings. The summed E-state index contributed by atoms with van der Waals surface area (Å²) in [4.78, 5) is 15.8. The average Bonchev–Trinajstić information content (AvgIpc) is 3.21. The van der Waals surface area contributed by atoms with Gasteiger partial charge in [-0.25, -0.2) is 4.98 Å². The first kappa shape index (κ1) is 14.0. The molecule has 3 heterocycles. The Morgan fingerprint density at radius 1 is 1.14 bits per heavy atom. The summed E-state index contributed by atoms with van der Waals surface area (Å²) in [5.74, 6) is 1.04. The Hall–Kier alpha value is -1.59. The molecule has 2 aliphatic rings. The van der Waals surface area contributed by atoms with Crippen molar-refractivity contribution >= 4 is 17.0 Å². The number of nitrogens with one attached hydrogen (secondary N) is 1. The van der Waals surface area contributed by atoms with Crippen molar-refractivity contribution in [2.45, 2.75) is 19.4 Å². The number of nitrogens with zero attached hydrogens (tertiary/aromatic N) is 4. The highest BCUT2D eigenvalue weighted by atomic mass is 15.3. The molecule has 2 aromatic rings. The van der Waals surface area contributed by atoms with Gasteiger partial charge in [0.05, 0.1) is 11.0 Å². The lowest BCUT2D eigenvalue weighted by Gasteiger charge is -2.37. The maximum atomic E-state index is 4.74. The van der Waals surface area contributed by atoms with Crippen LogP contribution in [0.2, 0.25) is 0 Å². The normalized spacial score (nSPS) is 24.4. The lowest BCUT2D eigenvalue weighted by atomic mass is 10.2. The maximum absolute atomic E-state index is 4.74. The van der Waals surface area contributed by atoms with Crippen molar-refractivity contribution in [3.63, 3.8) is 0 Å². The van der Waals surface area contributed by atoms with Crippen molar-refractivity contribution < 1.29 is 0 Å². The smallest absolute Gasteiger partial charge is 0.203 e. The molecule has 5 nitrogen and oxygen atoms in total. The predicted octanol–water partition coefficient (Wildman–Crippen LogP) is 1.78. The number of anilines is 1. The molecule has 1 atom stereocenters. The van der Waals surface area contributed by atoms with Gasteiger partial charge in [0.1, 0.15) is 0 Å². The molecule has 4 rings (SSSR count). The minimum atomic E-state index is 0.687. The van der Waals surface area contributed by atoms with E-state index in [2.05, 4.69) is 44.8 Å². The molecule has 0 aliphatic carbocycles. The predicted molar refractivity (Wildman–Crippen MR) is 90.4 cm³/mol. The van der Waals surface area contributed by atoms with Crippen LogP contribution in [0.5, 0.6) is 0 Å². The van der Waals surface area contributed by atoms with E-state index in [0.717, 1.165) is 30.1 Å². The molecular weight excluding hydrogens is 274 g/mol. The number of aromatic amines is 1.